The van der Waals surface area contributed by atoms with Gasteiger partial charge in [-0.25, -0.2) is 9.37 Å². The predicted octanol–water partition coefficient (Wildman–Crippen LogP) is 3.65. The molecule has 0 amide bonds. The Labute approximate surface area is 103 Å². The Morgan fingerprint density at radius 3 is 2.65 bits per heavy atom. The van der Waals surface area contributed by atoms with Crippen LogP contribution >= 0.6 is 11.3 Å². The monoisotopic (exact) mass is 244 g/mol. The van der Waals surface area contributed by atoms with E-state index in [0.717, 1.165) is 11.3 Å². The van der Waals surface area contributed by atoms with Gasteiger partial charge in [-0.15, -0.1) is 11.3 Å². The summed E-state index contributed by atoms with van der Waals surface area (Å²) in [5, 5.41) is 11.7. The number of thiazole rings is 1. The van der Waals surface area contributed by atoms with E-state index in [4.69, 9.17) is 5.26 Å². The number of rotatable bonds is 2. The fourth-order valence-electron chi connectivity index (χ4n) is 1.35. The number of halogens is 1. The standard InChI is InChI=1S/C13H9FN2S/c1-9-8-17-13(16-9)11(7-15)6-10-2-4-12(14)5-3-10/h2-6,8H,1H3/b11-6+. The molecule has 0 unspecified atom stereocenters. The summed E-state index contributed by atoms with van der Waals surface area (Å²) in [5.41, 5.74) is 2.18. The van der Waals surface area contributed by atoms with E-state index in [1.54, 1.807) is 18.2 Å². The lowest BCUT2D eigenvalue weighted by atomic mass is 10.1. The van der Waals surface area contributed by atoms with Crippen LogP contribution in [0.3, 0.4) is 0 Å². The molecule has 0 atom stereocenters. The number of hydrogen-bond acceptors (Lipinski definition) is 3. The van der Waals surface area contributed by atoms with Crippen LogP contribution in [0.5, 0.6) is 0 Å². The highest BCUT2D eigenvalue weighted by Crippen LogP contribution is 2.21. The van der Waals surface area contributed by atoms with Crippen molar-refractivity contribution < 1.29 is 4.39 Å². The van der Waals surface area contributed by atoms with Crippen LogP contribution in [0.2, 0.25) is 0 Å². The Bertz CT molecular complexity index is 591. The third-order valence-electron chi connectivity index (χ3n) is 2.15. The summed E-state index contributed by atoms with van der Waals surface area (Å²) >= 11 is 1.43. The smallest absolute Gasteiger partial charge is 0.134 e. The fraction of sp³-hybridized carbons (Fsp3) is 0.0769. The first-order valence-corrected chi connectivity index (χ1v) is 5.87. The van der Waals surface area contributed by atoms with Gasteiger partial charge in [0.05, 0.1) is 5.57 Å². The van der Waals surface area contributed by atoms with E-state index in [9.17, 15) is 4.39 Å². The lowest BCUT2D eigenvalue weighted by molar-refractivity contribution is 0.628. The van der Waals surface area contributed by atoms with Gasteiger partial charge in [-0.05, 0) is 30.7 Å². The summed E-state index contributed by atoms with van der Waals surface area (Å²) in [6.07, 6.45) is 1.71. The van der Waals surface area contributed by atoms with Crippen LogP contribution in [0.15, 0.2) is 29.6 Å². The van der Waals surface area contributed by atoms with E-state index in [1.165, 1.54) is 23.5 Å². The first kappa shape index (κ1) is 11.5. The van der Waals surface area contributed by atoms with Crippen molar-refractivity contribution in [3.05, 3.63) is 51.7 Å². The molecule has 1 aromatic heterocycles. The Morgan fingerprint density at radius 2 is 2.12 bits per heavy atom. The van der Waals surface area contributed by atoms with Crippen molar-refractivity contribution in [3.63, 3.8) is 0 Å². The van der Waals surface area contributed by atoms with Crippen LogP contribution in [-0.2, 0) is 0 Å². The average molecular weight is 244 g/mol. The van der Waals surface area contributed by atoms with Gasteiger partial charge in [0.15, 0.2) is 0 Å². The summed E-state index contributed by atoms with van der Waals surface area (Å²) in [5.74, 6) is -0.286. The maximum atomic E-state index is 12.7. The third-order valence-corrected chi connectivity index (χ3v) is 3.14. The number of nitrogens with zero attached hydrogens (tertiary/aromatic N) is 2. The molecule has 2 nitrogen and oxygen atoms in total. The van der Waals surface area contributed by atoms with Gasteiger partial charge in [0.1, 0.15) is 16.9 Å². The zero-order chi connectivity index (χ0) is 12.3. The highest BCUT2D eigenvalue weighted by Gasteiger charge is 2.05. The molecule has 0 aliphatic heterocycles. The first-order chi connectivity index (χ1) is 8.19. The number of aryl methyl sites for hydroxylation is 1. The molecule has 17 heavy (non-hydrogen) atoms. The second kappa shape index (κ2) is 4.89. The topological polar surface area (TPSA) is 36.7 Å². The molecule has 2 aromatic rings. The molecule has 1 aromatic carbocycles. The minimum absolute atomic E-state index is 0.286. The van der Waals surface area contributed by atoms with Crippen LogP contribution in [0.1, 0.15) is 16.3 Å². The second-order valence-corrected chi connectivity index (χ2v) is 4.37. The SMILES string of the molecule is Cc1csc(/C(C#N)=C/c2ccc(F)cc2)n1. The maximum Gasteiger partial charge on any atom is 0.134 e. The van der Waals surface area contributed by atoms with Crippen LogP contribution < -0.4 is 0 Å². The van der Waals surface area contributed by atoms with Crippen molar-refractivity contribution in [1.82, 2.24) is 4.98 Å². The summed E-state index contributed by atoms with van der Waals surface area (Å²) in [6, 6.07) is 8.11. The summed E-state index contributed by atoms with van der Waals surface area (Å²) in [6.45, 7) is 1.88. The van der Waals surface area contributed by atoms with Crippen LogP contribution in [0.4, 0.5) is 4.39 Å². The summed E-state index contributed by atoms with van der Waals surface area (Å²) < 4.78 is 12.7. The lowest BCUT2D eigenvalue weighted by Crippen LogP contribution is -1.82. The highest BCUT2D eigenvalue weighted by molar-refractivity contribution is 7.11. The molecular weight excluding hydrogens is 235 g/mol. The van der Waals surface area contributed by atoms with Crippen LogP contribution in [0.25, 0.3) is 11.6 Å². The Balaban J connectivity index is 2.36. The van der Waals surface area contributed by atoms with Gasteiger partial charge in [-0.2, -0.15) is 5.26 Å². The van der Waals surface area contributed by atoms with Gasteiger partial charge >= 0.3 is 0 Å². The van der Waals surface area contributed by atoms with Crippen molar-refractivity contribution in [2.45, 2.75) is 6.92 Å². The molecule has 0 aliphatic carbocycles. The number of aromatic nitrogens is 1. The van der Waals surface area contributed by atoms with Gasteiger partial charge in [-0.1, -0.05) is 12.1 Å². The van der Waals surface area contributed by atoms with E-state index in [1.807, 2.05) is 12.3 Å². The van der Waals surface area contributed by atoms with E-state index >= 15 is 0 Å². The number of nitriles is 1. The van der Waals surface area contributed by atoms with Crippen molar-refractivity contribution in [2.75, 3.05) is 0 Å². The molecule has 0 aliphatic rings. The average Bonchev–Trinajstić information content (AvgIpc) is 2.75. The molecule has 0 bridgehead atoms. The third kappa shape index (κ3) is 2.77. The van der Waals surface area contributed by atoms with E-state index in [-0.39, 0.29) is 5.82 Å². The largest absolute Gasteiger partial charge is 0.241 e. The van der Waals surface area contributed by atoms with Crippen molar-refractivity contribution in [1.29, 1.82) is 5.26 Å². The molecule has 0 saturated carbocycles. The van der Waals surface area contributed by atoms with E-state index in [0.29, 0.717) is 10.6 Å². The minimum atomic E-state index is -0.286. The zero-order valence-corrected chi connectivity index (χ0v) is 9.96. The molecule has 0 saturated heterocycles. The molecule has 84 valence electrons. The van der Waals surface area contributed by atoms with Gasteiger partial charge in [0.2, 0.25) is 0 Å². The van der Waals surface area contributed by atoms with Crippen molar-refractivity contribution in [3.8, 4) is 6.07 Å². The summed E-state index contributed by atoms with van der Waals surface area (Å²) in [4.78, 5) is 4.25. The fourth-order valence-corrected chi connectivity index (χ4v) is 2.11. The number of benzene rings is 1. The van der Waals surface area contributed by atoms with Gasteiger partial charge < -0.3 is 0 Å². The quantitative estimate of drug-likeness (QED) is 0.756. The molecule has 2 rings (SSSR count). The lowest BCUT2D eigenvalue weighted by Gasteiger charge is -1.95. The van der Waals surface area contributed by atoms with Crippen molar-refractivity contribution >= 4 is 23.0 Å². The first-order valence-electron chi connectivity index (χ1n) is 4.99. The molecule has 0 spiro atoms. The zero-order valence-electron chi connectivity index (χ0n) is 9.14. The van der Waals surface area contributed by atoms with Gasteiger partial charge in [0, 0.05) is 11.1 Å². The predicted molar refractivity (Wildman–Crippen MR) is 66.7 cm³/mol. The molecular formula is C13H9FN2S. The van der Waals surface area contributed by atoms with E-state index < -0.39 is 0 Å². The maximum absolute atomic E-state index is 12.7. The molecule has 0 fully saturated rings. The summed E-state index contributed by atoms with van der Waals surface area (Å²) in [7, 11) is 0. The van der Waals surface area contributed by atoms with Crippen LogP contribution in [-0.4, -0.2) is 4.98 Å². The normalized spacial score (nSPS) is 11.2. The Kier molecular flexibility index (Phi) is 3.31. The van der Waals surface area contributed by atoms with Gasteiger partial charge in [-0.3, -0.25) is 0 Å². The van der Waals surface area contributed by atoms with E-state index in [2.05, 4.69) is 11.1 Å². The molecule has 0 radical (unpaired) electrons. The molecule has 0 N–H and O–H groups in total. The Morgan fingerprint density at radius 1 is 1.41 bits per heavy atom. The molecule has 1 heterocycles. The number of hydrogen-bond donors (Lipinski definition) is 0. The minimum Gasteiger partial charge on any atom is -0.241 e. The Hall–Kier alpha value is -1.99. The second-order valence-electron chi connectivity index (χ2n) is 3.52. The van der Waals surface area contributed by atoms with Gasteiger partial charge in [0.25, 0.3) is 0 Å². The molecule has 4 heteroatoms. The highest BCUT2D eigenvalue weighted by atomic mass is 32.1. The van der Waals surface area contributed by atoms with Crippen molar-refractivity contribution in [2.24, 2.45) is 0 Å². The number of allylic oxidation sites excluding steroid dienone is 1. The van der Waals surface area contributed by atoms with Crippen LogP contribution in [0, 0.1) is 24.1 Å².